The first kappa shape index (κ1) is 25.1. The molecule has 0 aromatic heterocycles. The summed E-state index contributed by atoms with van der Waals surface area (Å²) < 4.78 is 10.1. The lowest BCUT2D eigenvalue weighted by Crippen LogP contribution is -2.43. The van der Waals surface area contributed by atoms with Gasteiger partial charge in [-0.2, -0.15) is 0 Å². The molecular formula is C27H29ClN2O4. The van der Waals surface area contributed by atoms with Crippen LogP contribution in [0.15, 0.2) is 84.9 Å². The number of nitrogens with zero attached hydrogens (tertiary/aromatic N) is 2. The summed E-state index contributed by atoms with van der Waals surface area (Å²) in [5, 5.41) is 0. The normalized spacial score (nSPS) is 10.6. The van der Waals surface area contributed by atoms with Crippen LogP contribution >= 0.6 is 11.6 Å². The van der Waals surface area contributed by atoms with Crippen LogP contribution in [-0.2, 0) is 14.3 Å². The number of benzene rings is 3. The minimum absolute atomic E-state index is 0.123. The number of methoxy groups -OCH3 is 2. The Morgan fingerprint density at radius 3 is 1.85 bits per heavy atom. The molecule has 3 aromatic rings. The van der Waals surface area contributed by atoms with Crippen LogP contribution in [0.4, 0.5) is 5.69 Å². The van der Waals surface area contributed by atoms with E-state index in [9.17, 15) is 9.59 Å². The van der Waals surface area contributed by atoms with Crippen LogP contribution in [0.1, 0.15) is 17.2 Å². The summed E-state index contributed by atoms with van der Waals surface area (Å²) in [5.74, 6) is -0.264. The number of amides is 1. The third kappa shape index (κ3) is 6.51. The van der Waals surface area contributed by atoms with Crippen LogP contribution in [-0.4, -0.2) is 56.5 Å². The Morgan fingerprint density at radius 1 is 0.824 bits per heavy atom. The maximum Gasteiger partial charge on any atom is 0.325 e. The minimum Gasteiger partial charge on any atom is -0.497 e. The number of ether oxygens (including phenoxy) is 2. The molecule has 6 nitrogen and oxygen atoms in total. The van der Waals surface area contributed by atoms with Crippen molar-refractivity contribution in [2.75, 3.05) is 44.6 Å². The lowest BCUT2D eigenvalue weighted by Gasteiger charge is -2.36. The Kier molecular flexibility index (Phi) is 9.35. The molecule has 0 aliphatic heterocycles. The van der Waals surface area contributed by atoms with Crippen LogP contribution < -0.4 is 9.64 Å². The van der Waals surface area contributed by atoms with Gasteiger partial charge in [0.25, 0.3) is 0 Å². The number of hydrogen-bond donors (Lipinski definition) is 0. The third-order valence-electron chi connectivity index (χ3n) is 5.57. The summed E-state index contributed by atoms with van der Waals surface area (Å²) >= 11 is 5.82. The predicted molar refractivity (Wildman–Crippen MR) is 134 cm³/mol. The number of hydrogen-bond acceptors (Lipinski definition) is 5. The Labute approximate surface area is 205 Å². The fourth-order valence-corrected chi connectivity index (χ4v) is 4.00. The molecular weight excluding hydrogens is 452 g/mol. The van der Waals surface area contributed by atoms with Gasteiger partial charge in [-0.1, -0.05) is 60.7 Å². The van der Waals surface area contributed by atoms with Gasteiger partial charge in [0.2, 0.25) is 5.91 Å². The smallest absolute Gasteiger partial charge is 0.325 e. The molecule has 3 aromatic carbocycles. The molecule has 34 heavy (non-hydrogen) atoms. The number of rotatable bonds is 11. The molecule has 0 radical (unpaired) electrons. The number of esters is 1. The molecule has 0 saturated heterocycles. The molecule has 3 rings (SSSR count). The highest BCUT2D eigenvalue weighted by Gasteiger charge is 2.25. The Hall–Kier alpha value is -3.51. The highest BCUT2D eigenvalue weighted by Crippen LogP contribution is 2.33. The third-order valence-corrected chi connectivity index (χ3v) is 5.80. The van der Waals surface area contributed by atoms with E-state index in [1.165, 1.54) is 12.0 Å². The van der Waals surface area contributed by atoms with Crippen LogP contribution in [0.3, 0.4) is 0 Å². The van der Waals surface area contributed by atoms with Crippen molar-refractivity contribution in [3.63, 3.8) is 0 Å². The van der Waals surface area contributed by atoms with Crippen molar-refractivity contribution in [1.82, 2.24) is 4.90 Å². The van der Waals surface area contributed by atoms with Gasteiger partial charge >= 0.3 is 5.97 Å². The largest absolute Gasteiger partial charge is 0.497 e. The average molecular weight is 481 g/mol. The summed E-state index contributed by atoms with van der Waals surface area (Å²) in [6.45, 7) is 0.600. The molecule has 1 amide bonds. The van der Waals surface area contributed by atoms with Gasteiger partial charge in [-0.3, -0.25) is 9.59 Å². The highest BCUT2D eigenvalue weighted by molar-refractivity contribution is 6.27. The minimum atomic E-state index is -0.489. The summed E-state index contributed by atoms with van der Waals surface area (Å²) in [4.78, 5) is 28.0. The van der Waals surface area contributed by atoms with E-state index in [0.717, 1.165) is 22.6 Å². The second-order valence-electron chi connectivity index (χ2n) is 7.64. The lowest BCUT2D eigenvalue weighted by atomic mass is 9.96. The summed E-state index contributed by atoms with van der Waals surface area (Å²) in [6, 6.07) is 28.0. The van der Waals surface area contributed by atoms with Gasteiger partial charge in [0.05, 0.1) is 20.3 Å². The van der Waals surface area contributed by atoms with Gasteiger partial charge in [0.15, 0.2) is 0 Å². The van der Waals surface area contributed by atoms with Crippen molar-refractivity contribution in [3.05, 3.63) is 96.1 Å². The first-order valence-corrected chi connectivity index (χ1v) is 11.5. The van der Waals surface area contributed by atoms with Gasteiger partial charge in [-0.25, -0.2) is 0 Å². The average Bonchev–Trinajstić information content (AvgIpc) is 2.90. The van der Waals surface area contributed by atoms with E-state index in [-0.39, 0.29) is 24.4 Å². The zero-order valence-corrected chi connectivity index (χ0v) is 20.1. The van der Waals surface area contributed by atoms with Crippen molar-refractivity contribution < 1.29 is 19.1 Å². The van der Waals surface area contributed by atoms with Gasteiger partial charge in [0, 0.05) is 18.8 Å². The van der Waals surface area contributed by atoms with Crippen molar-refractivity contribution in [2.45, 2.75) is 6.04 Å². The van der Waals surface area contributed by atoms with E-state index >= 15 is 0 Å². The number of carbonyl (C=O) groups excluding carboxylic acids is 2. The number of anilines is 1. The fourth-order valence-electron chi connectivity index (χ4n) is 3.83. The molecule has 0 N–H and O–H groups in total. The molecule has 0 heterocycles. The second kappa shape index (κ2) is 12.7. The summed E-state index contributed by atoms with van der Waals surface area (Å²) in [6.07, 6.45) is 0. The number of halogens is 1. The van der Waals surface area contributed by atoms with Crippen LogP contribution in [0.25, 0.3) is 0 Å². The highest BCUT2D eigenvalue weighted by atomic mass is 35.5. The standard InChI is InChI=1S/C27H29ClN2O4/c1-33-24-15-13-23(14-16-24)30(18-17-29(25(31)19-28)20-26(32)34-2)27(21-9-5-3-6-10-21)22-11-7-4-8-12-22/h3-16,27H,17-20H2,1-2H3. The van der Waals surface area contributed by atoms with E-state index < -0.39 is 5.97 Å². The van der Waals surface area contributed by atoms with Crippen molar-refractivity contribution in [3.8, 4) is 5.75 Å². The molecule has 0 saturated carbocycles. The summed E-state index contributed by atoms with van der Waals surface area (Å²) in [7, 11) is 2.93. The quantitative estimate of drug-likeness (QED) is 0.298. The fraction of sp³-hybridized carbons (Fsp3) is 0.259. The van der Waals surface area contributed by atoms with Gasteiger partial charge < -0.3 is 19.3 Å². The van der Waals surface area contributed by atoms with Crippen molar-refractivity contribution >= 4 is 29.2 Å². The van der Waals surface area contributed by atoms with Crippen molar-refractivity contribution in [1.29, 1.82) is 0 Å². The molecule has 0 fully saturated rings. The van der Waals surface area contributed by atoms with E-state index in [1.54, 1.807) is 7.11 Å². The Balaban J connectivity index is 2.02. The Morgan fingerprint density at radius 2 is 1.38 bits per heavy atom. The van der Waals surface area contributed by atoms with E-state index in [1.807, 2.05) is 60.7 Å². The molecule has 0 aliphatic rings. The summed E-state index contributed by atoms with van der Waals surface area (Å²) in [5.41, 5.74) is 3.16. The molecule has 7 heteroatoms. The Bertz CT molecular complexity index is 1010. The molecule has 0 unspecified atom stereocenters. The van der Waals surface area contributed by atoms with Crippen LogP contribution in [0.2, 0.25) is 0 Å². The van der Waals surface area contributed by atoms with E-state index in [0.29, 0.717) is 13.1 Å². The maximum atomic E-state index is 12.5. The molecule has 0 bridgehead atoms. The first-order valence-electron chi connectivity index (χ1n) is 11.0. The molecule has 178 valence electrons. The topological polar surface area (TPSA) is 59.1 Å². The number of alkyl halides is 1. The maximum absolute atomic E-state index is 12.5. The lowest BCUT2D eigenvalue weighted by molar-refractivity contribution is -0.146. The molecule has 0 aliphatic carbocycles. The molecule has 0 spiro atoms. The number of carbonyl (C=O) groups is 2. The van der Waals surface area contributed by atoms with Crippen LogP contribution in [0.5, 0.6) is 5.75 Å². The van der Waals surface area contributed by atoms with Gasteiger partial charge in [0.1, 0.15) is 18.2 Å². The van der Waals surface area contributed by atoms with E-state index in [2.05, 4.69) is 29.2 Å². The van der Waals surface area contributed by atoms with Gasteiger partial charge in [-0.15, -0.1) is 11.6 Å². The monoisotopic (exact) mass is 480 g/mol. The molecule has 0 atom stereocenters. The second-order valence-corrected chi connectivity index (χ2v) is 7.91. The van der Waals surface area contributed by atoms with Crippen LogP contribution in [0, 0.1) is 0 Å². The SMILES string of the molecule is COC(=O)CN(CCN(c1ccc(OC)cc1)C(c1ccccc1)c1ccccc1)C(=O)CCl. The predicted octanol–water partition coefficient (Wildman–Crippen LogP) is 4.53. The van der Waals surface area contributed by atoms with Crippen molar-refractivity contribution in [2.24, 2.45) is 0 Å². The first-order chi connectivity index (χ1) is 16.6. The zero-order valence-electron chi connectivity index (χ0n) is 19.4. The van der Waals surface area contributed by atoms with Gasteiger partial charge in [-0.05, 0) is 35.4 Å². The zero-order chi connectivity index (χ0) is 24.3. The van der Waals surface area contributed by atoms with E-state index in [4.69, 9.17) is 21.1 Å².